The number of aliphatic hydroxyl groups excluding tert-OH is 1. The van der Waals surface area contributed by atoms with Crippen molar-refractivity contribution in [1.82, 2.24) is 10.2 Å². The number of hydrogen-bond acceptors (Lipinski definition) is 13. The van der Waals surface area contributed by atoms with Crippen LogP contribution >= 0.6 is 0 Å². The van der Waals surface area contributed by atoms with E-state index in [4.69, 9.17) is 28.4 Å². The number of hydrogen-bond donors (Lipinski definition) is 2. The van der Waals surface area contributed by atoms with Crippen LogP contribution in [0.3, 0.4) is 0 Å². The minimum Gasteiger partial charge on any atom is -0.462 e. The Morgan fingerprint density at radius 3 is 2.37 bits per heavy atom. The van der Waals surface area contributed by atoms with Gasteiger partial charge in [0.15, 0.2) is 5.79 Å². The van der Waals surface area contributed by atoms with Crippen molar-refractivity contribution in [2.24, 2.45) is 17.3 Å². The number of likely N-dealkylation sites (tertiary alicyclic amines) is 1. The van der Waals surface area contributed by atoms with Gasteiger partial charge >= 0.3 is 23.9 Å². The van der Waals surface area contributed by atoms with E-state index in [1.807, 2.05) is 0 Å². The van der Waals surface area contributed by atoms with Gasteiger partial charge in [-0.3, -0.25) is 14.4 Å². The third-order valence-corrected chi connectivity index (χ3v) is 11.8. The van der Waals surface area contributed by atoms with Gasteiger partial charge in [-0.25, -0.2) is 14.4 Å². The van der Waals surface area contributed by atoms with Crippen LogP contribution in [0, 0.1) is 17.3 Å². The summed E-state index contributed by atoms with van der Waals surface area (Å²) in [5.74, 6) is -3.77. The van der Waals surface area contributed by atoms with Crippen molar-refractivity contribution >= 4 is 41.8 Å². The Hall–Kier alpha value is -4.60. The molecule has 0 radical (unpaired) electrons. The molecular weight excluding hydrogens is 764 g/mol. The highest BCUT2D eigenvalue weighted by atomic mass is 16.8. The summed E-state index contributed by atoms with van der Waals surface area (Å²) in [6, 6.07) is 5.05. The monoisotopic (exact) mass is 820 g/mol. The van der Waals surface area contributed by atoms with Gasteiger partial charge in [-0.15, -0.1) is 0 Å². The number of nitrogens with zero attached hydrogens (tertiary/aromatic N) is 1. The first-order chi connectivity index (χ1) is 28.0. The lowest BCUT2D eigenvalue weighted by atomic mass is 9.90. The van der Waals surface area contributed by atoms with E-state index in [0.717, 1.165) is 31.8 Å². The second kappa shape index (κ2) is 16.8. The predicted molar refractivity (Wildman–Crippen MR) is 209 cm³/mol. The zero-order chi connectivity index (χ0) is 42.3. The van der Waals surface area contributed by atoms with E-state index in [1.54, 1.807) is 65.0 Å². The van der Waals surface area contributed by atoms with E-state index in [0.29, 0.717) is 30.5 Å². The maximum Gasteiger partial charge on any atom is 0.348 e. The summed E-state index contributed by atoms with van der Waals surface area (Å²) in [5.41, 5.74) is -0.485. The molecule has 2 saturated carbocycles. The standard InChI is InChI=1S/C44H56N2O13/c1-42(2,3)58-35(49)19-17-29(23-47)45-38(50)31-11-8-20-46(31)39(51)26-21-32(36-33(22-26)57-44(59-36,27-13-14-27)28-15-16-28)55-40(52)30-10-7-6-9-25(30)12-18-34(48)56-37-41(53)54-24-43(37,4)5/h6-7,9-10,12,18,22,27-29,31-33,36-37,47H,8,11,13-17,19-21,23-24H2,1-5H3,(H,45,50)/t29-,31+,32+,33+,36-,37-/m0/s1. The van der Waals surface area contributed by atoms with Crippen LogP contribution in [0.5, 0.6) is 0 Å². The van der Waals surface area contributed by atoms with E-state index in [1.165, 1.54) is 11.0 Å². The third-order valence-electron chi connectivity index (χ3n) is 11.8. The molecule has 15 nitrogen and oxygen atoms in total. The molecule has 6 atom stereocenters. The molecule has 1 aromatic rings. The van der Waals surface area contributed by atoms with Crippen molar-refractivity contribution < 1.29 is 62.3 Å². The molecule has 0 spiro atoms. The van der Waals surface area contributed by atoms with Gasteiger partial charge in [-0.2, -0.15) is 0 Å². The third kappa shape index (κ3) is 9.57. The number of amides is 2. The summed E-state index contributed by atoms with van der Waals surface area (Å²) >= 11 is 0. The summed E-state index contributed by atoms with van der Waals surface area (Å²) < 4.78 is 35.6. The number of ether oxygens (including phenoxy) is 6. The number of rotatable bonds is 14. The maximum atomic E-state index is 14.4. The highest BCUT2D eigenvalue weighted by molar-refractivity contribution is 5.99. The summed E-state index contributed by atoms with van der Waals surface area (Å²) in [5, 5.41) is 12.8. The Bertz CT molecular complexity index is 1880. The predicted octanol–water partition coefficient (Wildman–Crippen LogP) is 3.94. The molecule has 320 valence electrons. The van der Waals surface area contributed by atoms with Crippen molar-refractivity contribution in [2.75, 3.05) is 19.8 Å². The molecule has 0 aromatic heterocycles. The maximum absolute atomic E-state index is 14.4. The number of carbonyl (C=O) groups is 6. The Morgan fingerprint density at radius 1 is 1.02 bits per heavy atom. The molecule has 59 heavy (non-hydrogen) atoms. The minimum absolute atomic E-state index is 0.00112. The summed E-state index contributed by atoms with van der Waals surface area (Å²) in [4.78, 5) is 80.8. The highest BCUT2D eigenvalue weighted by Gasteiger charge is 2.64. The van der Waals surface area contributed by atoms with E-state index >= 15 is 0 Å². The minimum atomic E-state index is -1.06. The van der Waals surface area contributed by atoms with Crippen LogP contribution in [-0.4, -0.2) is 113 Å². The highest BCUT2D eigenvalue weighted by Crippen LogP contribution is 2.59. The Morgan fingerprint density at radius 2 is 1.73 bits per heavy atom. The number of cyclic esters (lactones) is 1. The second-order valence-corrected chi connectivity index (χ2v) is 18.3. The number of nitrogens with one attached hydrogen (secondary N) is 1. The van der Waals surface area contributed by atoms with Gasteiger partial charge in [0.05, 0.1) is 18.2 Å². The molecular formula is C44H56N2O13. The lowest BCUT2D eigenvalue weighted by molar-refractivity contribution is -0.209. The average molecular weight is 821 g/mol. The zero-order valence-electron chi connectivity index (χ0n) is 34.4. The molecule has 1 aromatic carbocycles. The molecule has 15 heteroatoms. The normalized spacial score (nSPS) is 27.7. The van der Waals surface area contributed by atoms with Crippen molar-refractivity contribution in [2.45, 2.75) is 140 Å². The molecule has 0 bridgehead atoms. The number of esters is 4. The average Bonchev–Trinajstić information content (AvgIpc) is 4.12. The fourth-order valence-corrected chi connectivity index (χ4v) is 8.50. The van der Waals surface area contributed by atoms with Gasteiger partial charge in [0.1, 0.15) is 36.6 Å². The van der Waals surface area contributed by atoms with Crippen molar-refractivity contribution in [3.05, 3.63) is 53.1 Å². The largest absolute Gasteiger partial charge is 0.462 e. The zero-order valence-corrected chi connectivity index (χ0v) is 34.4. The van der Waals surface area contributed by atoms with Crippen LogP contribution in [0.25, 0.3) is 6.08 Å². The lowest BCUT2D eigenvalue weighted by Crippen LogP contribution is -2.51. The lowest BCUT2D eigenvalue weighted by Gasteiger charge is -2.33. The molecule has 3 saturated heterocycles. The quantitative estimate of drug-likeness (QED) is 0.156. The fraction of sp³-hybridized carbons (Fsp3) is 0.636. The van der Waals surface area contributed by atoms with Crippen molar-refractivity contribution in [3.8, 4) is 0 Å². The first kappa shape index (κ1) is 42.5. The van der Waals surface area contributed by atoms with Crippen LogP contribution in [-0.2, 0) is 52.4 Å². The number of benzene rings is 1. The van der Waals surface area contributed by atoms with Gasteiger partial charge < -0.3 is 43.7 Å². The molecule has 3 aliphatic carbocycles. The Balaban J connectivity index is 1.06. The Kier molecular flexibility index (Phi) is 12.1. The van der Waals surface area contributed by atoms with Gasteiger partial charge in [-0.05, 0) is 89.5 Å². The second-order valence-electron chi connectivity index (χ2n) is 18.3. The Labute approximate surface area is 344 Å². The molecule has 7 rings (SSSR count). The molecule has 2 amide bonds. The number of aliphatic hydroxyl groups is 1. The topological polar surface area (TPSA) is 193 Å². The number of carbonyl (C=O) groups excluding carboxylic acids is 6. The van der Waals surface area contributed by atoms with Gasteiger partial charge in [0.25, 0.3) is 0 Å². The molecule has 6 aliphatic rings. The smallest absolute Gasteiger partial charge is 0.348 e. The van der Waals surface area contributed by atoms with Crippen LogP contribution in [0.4, 0.5) is 0 Å². The van der Waals surface area contributed by atoms with Crippen LogP contribution < -0.4 is 5.32 Å². The summed E-state index contributed by atoms with van der Waals surface area (Å²) in [6.45, 7) is 8.87. The molecule has 3 aliphatic heterocycles. The van der Waals surface area contributed by atoms with Gasteiger partial charge in [-0.1, -0.05) is 32.0 Å². The summed E-state index contributed by atoms with van der Waals surface area (Å²) in [7, 11) is 0. The van der Waals surface area contributed by atoms with Crippen LogP contribution in [0.1, 0.15) is 108 Å². The SMILES string of the molecule is CC(C)(C)OC(=O)CC[C@@H](CO)NC(=O)[C@H]1CCCN1C(=O)C1=C[C@H]2OC(C3CC3)(C3CC3)O[C@H]2[C@H](OC(=O)c2ccccc2C=CC(=O)O[C@H]2C(=O)OCC2(C)C)C1. The first-order valence-electron chi connectivity index (χ1n) is 20.8. The van der Waals surface area contributed by atoms with Crippen molar-refractivity contribution in [3.63, 3.8) is 0 Å². The van der Waals surface area contributed by atoms with Crippen LogP contribution in [0.2, 0.25) is 0 Å². The van der Waals surface area contributed by atoms with E-state index in [9.17, 15) is 33.9 Å². The van der Waals surface area contributed by atoms with Gasteiger partial charge in [0.2, 0.25) is 17.9 Å². The first-order valence-corrected chi connectivity index (χ1v) is 20.8. The summed E-state index contributed by atoms with van der Waals surface area (Å²) in [6.07, 6.45) is 5.96. The number of fused-ring (bicyclic) bond motifs is 1. The van der Waals surface area contributed by atoms with E-state index in [-0.39, 0.29) is 49.2 Å². The van der Waals surface area contributed by atoms with E-state index < -0.39 is 89.7 Å². The molecule has 3 heterocycles. The van der Waals surface area contributed by atoms with E-state index in [2.05, 4.69) is 5.32 Å². The molecule has 2 N–H and O–H groups in total. The van der Waals surface area contributed by atoms with Crippen molar-refractivity contribution in [1.29, 1.82) is 0 Å². The fourth-order valence-electron chi connectivity index (χ4n) is 8.50. The van der Waals surface area contributed by atoms with Crippen LogP contribution in [0.15, 0.2) is 42.0 Å². The molecule has 0 unspecified atom stereocenters. The van der Waals surface area contributed by atoms with Gasteiger partial charge in [0, 0.05) is 48.3 Å². The molecule has 5 fully saturated rings.